The van der Waals surface area contributed by atoms with Gasteiger partial charge in [0.2, 0.25) is 0 Å². The Morgan fingerprint density at radius 2 is 2.12 bits per heavy atom. The SMILES string of the molecule is CCc1cnn2c(NCc3ccc4c(c3)ncn4C)cc(Cl)nc12. The normalized spacial score (nSPS) is 11.5. The molecule has 0 aliphatic rings. The highest BCUT2D eigenvalue weighted by Crippen LogP contribution is 2.20. The zero-order chi connectivity index (χ0) is 16.7. The molecule has 0 spiro atoms. The zero-order valence-electron chi connectivity index (χ0n) is 13.5. The predicted molar refractivity (Wildman–Crippen MR) is 95.4 cm³/mol. The summed E-state index contributed by atoms with van der Waals surface area (Å²) in [5, 5.41) is 8.27. The summed E-state index contributed by atoms with van der Waals surface area (Å²) >= 11 is 6.17. The maximum Gasteiger partial charge on any atom is 0.162 e. The first kappa shape index (κ1) is 15.0. The number of aryl methyl sites for hydroxylation is 2. The number of benzene rings is 1. The Balaban J connectivity index is 1.65. The van der Waals surface area contributed by atoms with Crippen LogP contribution in [0.3, 0.4) is 0 Å². The number of imidazole rings is 1. The van der Waals surface area contributed by atoms with Gasteiger partial charge in [-0.2, -0.15) is 9.61 Å². The van der Waals surface area contributed by atoms with Crippen molar-refractivity contribution in [2.75, 3.05) is 5.32 Å². The first-order valence-corrected chi connectivity index (χ1v) is 8.20. The van der Waals surface area contributed by atoms with Crippen LogP contribution in [-0.2, 0) is 20.0 Å². The molecular weight excluding hydrogens is 324 g/mol. The lowest BCUT2D eigenvalue weighted by Crippen LogP contribution is -2.06. The highest BCUT2D eigenvalue weighted by molar-refractivity contribution is 6.29. The number of rotatable bonds is 4. The maximum atomic E-state index is 6.17. The van der Waals surface area contributed by atoms with Crippen LogP contribution in [0, 0.1) is 0 Å². The summed E-state index contributed by atoms with van der Waals surface area (Å²) < 4.78 is 3.80. The molecule has 0 saturated carbocycles. The molecular formula is C17H17ClN6. The molecule has 4 rings (SSSR count). The van der Waals surface area contributed by atoms with Crippen LogP contribution in [0.1, 0.15) is 18.1 Å². The van der Waals surface area contributed by atoms with Crippen molar-refractivity contribution in [2.24, 2.45) is 7.05 Å². The molecule has 0 radical (unpaired) electrons. The lowest BCUT2D eigenvalue weighted by atomic mass is 10.2. The molecule has 3 aromatic heterocycles. The molecule has 1 aromatic carbocycles. The van der Waals surface area contributed by atoms with Crippen molar-refractivity contribution in [1.29, 1.82) is 0 Å². The smallest absolute Gasteiger partial charge is 0.162 e. The number of hydrogen-bond donors (Lipinski definition) is 1. The molecule has 0 fully saturated rings. The Morgan fingerprint density at radius 1 is 1.25 bits per heavy atom. The number of halogens is 1. The van der Waals surface area contributed by atoms with E-state index in [1.807, 2.05) is 24.1 Å². The van der Waals surface area contributed by atoms with Gasteiger partial charge >= 0.3 is 0 Å². The Labute approximate surface area is 144 Å². The van der Waals surface area contributed by atoms with Crippen LogP contribution in [-0.4, -0.2) is 24.1 Å². The van der Waals surface area contributed by atoms with Gasteiger partial charge in [-0.25, -0.2) is 9.97 Å². The molecule has 4 aromatic rings. The third kappa shape index (κ3) is 2.49. The van der Waals surface area contributed by atoms with Gasteiger partial charge in [-0.05, 0) is 24.1 Å². The second-order valence-corrected chi connectivity index (χ2v) is 6.14. The first-order chi connectivity index (χ1) is 11.7. The molecule has 0 bridgehead atoms. The van der Waals surface area contributed by atoms with E-state index < -0.39 is 0 Å². The van der Waals surface area contributed by atoms with Gasteiger partial charge in [-0.3, -0.25) is 0 Å². The van der Waals surface area contributed by atoms with Crippen LogP contribution >= 0.6 is 11.6 Å². The summed E-state index contributed by atoms with van der Waals surface area (Å²) in [6.45, 7) is 2.73. The zero-order valence-corrected chi connectivity index (χ0v) is 14.2. The van der Waals surface area contributed by atoms with Crippen molar-refractivity contribution in [3.05, 3.63) is 53.1 Å². The number of anilines is 1. The van der Waals surface area contributed by atoms with Crippen molar-refractivity contribution in [3.8, 4) is 0 Å². The third-order valence-electron chi connectivity index (χ3n) is 4.16. The van der Waals surface area contributed by atoms with Crippen molar-refractivity contribution in [2.45, 2.75) is 19.9 Å². The van der Waals surface area contributed by atoms with E-state index in [0.717, 1.165) is 40.0 Å². The van der Waals surface area contributed by atoms with Gasteiger partial charge in [0.25, 0.3) is 0 Å². The van der Waals surface area contributed by atoms with Gasteiger partial charge in [0.05, 0.1) is 23.6 Å². The van der Waals surface area contributed by atoms with Crippen molar-refractivity contribution in [1.82, 2.24) is 24.1 Å². The van der Waals surface area contributed by atoms with Crippen molar-refractivity contribution in [3.63, 3.8) is 0 Å². The Bertz CT molecular complexity index is 1030. The fourth-order valence-corrected chi connectivity index (χ4v) is 3.02. The Hall–Kier alpha value is -2.60. The van der Waals surface area contributed by atoms with Gasteiger partial charge in [0, 0.05) is 25.2 Å². The average molecular weight is 341 g/mol. The predicted octanol–water partition coefficient (Wildman–Crippen LogP) is 3.44. The van der Waals surface area contributed by atoms with E-state index in [0.29, 0.717) is 11.7 Å². The lowest BCUT2D eigenvalue weighted by molar-refractivity contribution is 0.925. The molecule has 6 nitrogen and oxygen atoms in total. The van der Waals surface area contributed by atoms with Gasteiger partial charge in [-0.1, -0.05) is 24.6 Å². The highest BCUT2D eigenvalue weighted by Gasteiger charge is 2.10. The van der Waals surface area contributed by atoms with E-state index in [9.17, 15) is 0 Å². The van der Waals surface area contributed by atoms with Gasteiger partial charge in [0.1, 0.15) is 11.0 Å². The van der Waals surface area contributed by atoms with Crippen LogP contribution in [0.25, 0.3) is 16.7 Å². The van der Waals surface area contributed by atoms with Crippen LogP contribution in [0.5, 0.6) is 0 Å². The quantitative estimate of drug-likeness (QED) is 0.578. The number of hydrogen-bond acceptors (Lipinski definition) is 4. The average Bonchev–Trinajstić information content (AvgIpc) is 3.16. The van der Waals surface area contributed by atoms with Crippen molar-refractivity contribution < 1.29 is 0 Å². The first-order valence-electron chi connectivity index (χ1n) is 7.82. The number of nitrogens with one attached hydrogen (secondary N) is 1. The molecule has 0 unspecified atom stereocenters. The number of aromatic nitrogens is 5. The van der Waals surface area contributed by atoms with E-state index >= 15 is 0 Å². The summed E-state index contributed by atoms with van der Waals surface area (Å²) in [5.41, 5.74) is 5.13. The molecule has 0 aliphatic carbocycles. The fraction of sp³-hybridized carbons (Fsp3) is 0.235. The Morgan fingerprint density at radius 3 is 2.96 bits per heavy atom. The monoisotopic (exact) mass is 340 g/mol. The summed E-state index contributed by atoms with van der Waals surface area (Å²) in [6, 6.07) is 8.05. The van der Waals surface area contributed by atoms with E-state index in [-0.39, 0.29) is 0 Å². The summed E-state index contributed by atoms with van der Waals surface area (Å²) in [6.07, 6.45) is 4.53. The molecule has 122 valence electrons. The molecule has 3 heterocycles. The van der Waals surface area contributed by atoms with Crippen LogP contribution in [0.2, 0.25) is 5.15 Å². The topological polar surface area (TPSA) is 60.0 Å². The molecule has 1 N–H and O–H groups in total. The molecule has 7 heteroatoms. The molecule has 0 aliphatic heterocycles. The highest BCUT2D eigenvalue weighted by atomic mass is 35.5. The minimum absolute atomic E-state index is 0.459. The summed E-state index contributed by atoms with van der Waals surface area (Å²) in [5.74, 6) is 0.825. The fourth-order valence-electron chi connectivity index (χ4n) is 2.84. The minimum Gasteiger partial charge on any atom is -0.366 e. The van der Waals surface area contributed by atoms with E-state index in [4.69, 9.17) is 11.6 Å². The largest absolute Gasteiger partial charge is 0.366 e. The van der Waals surface area contributed by atoms with Crippen LogP contribution in [0.4, 0.5) is 5.82 Å². The number of nitrogens with zero attached hydrogens (tertiary/aromatic N) is 5. The van der Waals surface area contributed by atoms with E-state index in [1.54, 1.807) is 10.6 Å². The van der Waals surface area contributed by atoms with Crippen molar-refractivity contribution >= 4 is 34.1 Å². The van der Waals surface area contributed by atoms with Gasteiger partial charge in [-0.15, -0.1) is 0 Å². The molecule has 0 saturated heterocycles. The molecule has 0 atom stereocenters. The minimum atomic E-state index is 0.459. The van der Waals surface area contributed by atoms with Gasteiger partial charge < -0.3 is 9.88 Å². The lowest BCUT2D eigenvalue weighted by Gasteiger charge is -2.09. The maximum absolute atomic E-state index is 6.17. The summed E-state index contributed by atoms with van der Waals surface area (Å²) in [7, 11) is 1.99. The van der Waals surface area contributed by atoms with E-state index in [2.05, 4.69) is 45.5 Å². The molecule has 24 heavy (non-hydrogen) atoms. The molecule has 0 amide bonds. The number of fused-ring (bicyclic) bond motifs is 2. The second-order valence-electron chi connectivity index (χ2n) is 5.75. The third-order valence-corrected chi connectivity index (χ3v) is 4.35. The second kappa shape index (κ2) is 5.79. The summed E-state index contributed by atoms with van der Waals surface area (Å²) in [4.78, 5) is 8.78. The van der Waals surface area contributed by atoms with Gasteiger partial charge in [0.15, 0.2) is 5.65 Å². The Kier molecular flexibility index (Phi) is 3.61. The van der Waals surface area contributed by atoms with Crippen LogP contribution in [0.15, 0.2) is 36.8 Å². The standard InChI is InChI=1S/C17H17ClN6/c1-3-12-9-21-24-16(7-15(18)22-17(12)24)19-8-11-4-5-14-13(6-11)20-10-23(14)2/h4-7,9-10,19H,3,8H2,1-2H3. The van der Waals surface area contributed by atoms with Crippen LogP contribution < -0.4 is 5.32 Å². The van der Waals surface area contributed by atoms with E-state index in [1.165, 1.54) is 0 Å².